The number of hydrogen-bond donors (Lipinski definition) is 2. The van der Waals surface area contributed by atoms with E-state index in [9.17, 15) is 10.2 Å². The number of aliphatic hydroxyl groups excluding tert-OH is 1. The highest BCUT2D eigenvalue weighted by atomic mass is 35.5. The maximum atomic E-state index is 9.90. The second kappa shape index (κ2) is 7.80. The average Bonchev–Trinajstić information content (AvgIpc) is 2.48. The highest BCUT2D eigenvalue weighted by Gasteiger charge is 2.07. The largest absolute Gasteiger partial charge is 0.508 e. The van der Waals surface area contributed by atoms with Crippen molar-refractivity contribution >= 4 is 35.0 Å². The van der Waals surface area contributed by atoms with Gasteiger partial charge in [-0.3, -0.25) is 0 Å². The summed E-state index contributed by atoms with van der Waals surface area (Å²) in [6.45, 7) is 0.170. The predicted molar refractivity (Wildman–Crippen MR) is 86.8 cm³/mol. The maximum Gasteiger partial charge on any atom is 0.121 e. The zero-order valence-electron chi connectivity index (χ0n) is 11.0. The zero-order chi connectivity index (χ0) is 15.2. The summed E-state index contributed by atoms with van der Waals surface area (Å²) in [4.78, 5) is 0.974. The molecule has 0 aliphatic rings. The van der Waals surface area contributed by atoms with Crippen LogP contribution < -0.4 is 4.74 Å². The molecule has 1 atom stereocenters. The van der Waals surface area contributed by atoms with Gasteiger partial charge >= 0.3 is 0 Å². The number of aliphatic hydroxyl groups is 1. The van der Waals surface area contributed by atoms with E-state index >= 15 is 0 Å². The first-order valence-electron chi connectivity index (χ1n) is 6.22. The summed E-state index contributed by atoms with van der Waals surface area (Å²) in [6, 6.07) is 11.8. The molecular formula is C15H14Cl2O3S. The highest BCUT2D eigenvalue weighted by molar-refractivity contribution is 7.99. The fraction of sp³-hybridized carbons (Fsp3) is 0.200. The molecule has 2 rings (SSSR count). The molecule has 112 valence electrons. The number of benzene rings is 2. The molecule has 0 aromatic heterocycles. The molecule has 2 N–H and O–H groups in total. The highest BCUT2D eigenvalue weighted by Crippen LogP contribution is 2.26. The zero-order valence-corrected chi connectivity index (χ0v) is 13.3. The lowest BCUT2D eigenvalue weighted by atomic mass is 10.3. The third-order valence-corrected chi connectivity index (χ3v) is 4.51. The normalized spacial score (nSPS) is 12.1. The Morgan fingerprint density at radius 1 is 1.05 bits per heavy atom. The van der Waals surface area contributed by atoms with Crippen molar-refractivity contribution in [3.05, 3.63) is 52.5 Å². The van der Waals surface area contributed by atoms with E-state index in [1.54, 1.807) is 42.5 Å². The minimum atomic E-state index is -0.613. The number of rotatable bonds is 6. The van der Waals surface area contributed by atoms with Crippen LogP contribution in [0.2, 0.25) is 10.0 Å². The van der Waals surface area contributed by atoms with Crippen LogP contribution in [-0.4, -0.2) is 28.7 Å². The van der Waals surface area contributed by atoms with E-state index in [0.29, 0.717) is 21.5 Å². The molecule has 0 saturated carbocycles. The van der Waals surface area contributed by atoms with Crippen LogP contribution in [0.4, 0.5) is 0 Å². The summed E-state index contributed by atoms with van der Waals surface area (Å²) in [5, 5.41) is 20.0. The van der Waals surface area contributed by atoms with Crippen LogP contribution in [0, 0.1) is 0 Å². The molecule has 2 aromatic rings. The van der Waals surface area contributed by atoms with Gasteiger partial charge in [0.05, 0.1) is 16.1 Å². The number of phenols is 1. The van der Waals surface area contributed by atoms with E-state index in [0.717, 1.165) is 4.90 Å². The SMILES string of the molecule is Oc1ccc(SCC(O)COc2ccc(Cl)c(Cl)c2)cc1. The second-order valence-electron chi connectivity index (χ2n) is 4.35. The van der Waals surface area contributed by atoms with Crippen molar-refractivity contribution < 1.29 is 14.9 Å². The van der Waals surface area contributed by atoms with Crippen LogP contribution in [-0.2, 0) is 0 Å². The van der Waals surface area contributed by atoms with Gasteiger partial charge in [0, 0.05) is 16.7 Å². The number of thioether (sulfide) groups is 1. The van der Waals surface area contributed by atoms with Crippen molar-refractivity contribution in [2.75, 3.05) is 12.4 Å². The smallest absolute Gasteiger partial charge is 0.121 e. The van der Waals surface area contributed by atoms with Gasteiger partial charge in [0.15, 0.2) is 0 Å². The molecule has 6 heteroatoms. The van der Waals surface area contributed by atoms with Gasteiger partial charge in [0.2, 0.25) is 0 Å². The Balaban J connectivity index is 1.77. The molecule has 0 aliphatic carbocycles. The Hall–Kier alpha value is -1.07. The number of halogens is 2. The molecule has 0 bridgehead atoms. The van der Waals surface area contributed by atoms with Crippen molar-refractivity contribution in [1.29, 1.82) is 0 Å². The molecule has 0 heterocycles. The fourth-order valence-corrected chi connectivity index (χ4v) is 2.64. The van der Waals surface area contributed by atoms with Crippen molar-refractivity contribution in [1.82, 2.24) is 0 Å². The molecule has 0 amide bonds. The summed E-state index contributed by atoms with van der Waals surface area (Å²) in [6.07, 6.45) is -0.613. The first kappa shape index (κ1) is 16.3. The van der Waals surface area contributed by atoms with E-state index in [1.807, 2.05) is 0 Å². The lowest BCUT2D eigenvalue weighted by Gasteiger charge is -2.12. The molecule has 1 unspecified atom stereocenters. The standard InChI is InChI=1S/C15H14Cl2O3S/c16-14-6-3-12(7-15(14)17)20-8-11(19)9-21-13-4-1-10(18)2-5-13/h1-7,11,18-19H,8-9H2. The third-order valence-electron chi connectivity index (χ3n) is 2.61. The Morgan fingerprint density at radius 3 is 2.43 bits per heavy atom. The quantitative estimate of drug-likeness (QED) is 0.770. The lowest BCUT2D eigenvalue weighted by molar-refractivity contribution is 0.126. The van der Waals surface area contributed by atoms with Crippen LogP contribution in [0.15, 0.2) is 47.4 Å². The van der Waals surface area contributed by atoms with Gasteiger partial charge in [0.1, 0.15) is 18.1 Å². The van der Waals surface area contributed by atoms with Gasteiger partial charge in [-0.25, -0.2) is 0 Å². The Kier molecular flexibility index (Phi) is 6.06. The molecule has 2 aromatic carbocycles. The summed E-state index contributed by atoms with van der Waals surface area (Å²) >= 11 is 13.2. The van der Waals surface area contributed by atoms with Crippen LogP contribution in [0.25, 0.3) is 0 Å². The van der Waals surface area contributed by atoms with E-state index in [4.69, 9.17) is 27.9 Å². The van der Waals surface area contributed by atoms with Crippen molar-refractivity contribution in [2.45, 2.75) is 11.0 Å². The van der Waals surface area contributed by atoms with Crippen molar-refractivity contribution in [2.24, 2.45) is 0 Å². The Bertz CT molecular complexity index is 590. The summed E-state index contributed by atoms with van der Waals surface area (Å²) in [7, 11) is 0. The van der Waals surface area contributed by atoms with Crippen LogP contribution in [0.5, 0.6) is 11.5 Å². The lowest BCUT2D eigenvalue weighted by Crippen LogP contribution is -2.20. The van der Waals surface area contributed by atoms with Gasteiger partial charge in [-0.05, 0) is 36.4 Å². The summed E-state index contributed by atoms with van der Waals surface area (Å²) in [5.41, 5.74) is 0. The molecule has 0 radical (unpaired) electrons. The third kappa shape index (κ3) is 5.32. The molecule has 0 spiro atoms. The van der Waals surface area contributed by atoms with E-state index in [2.05, 4.69) is 0 Å². The van der Waals surface area contributed by atoms with E-state index in [1.165, 1.54) is 11.8 Å². The van der Waals surface area contributed by atoms with Crippen LogP contribution >= 0.6 is 35.0 Å². The van der Waals surface area contributed by atoms with Crippen LogP contribution in [0.1, 0.15) is 0 Å². The minimum absolute atomic E-state index is 0.170. The Labute approximate surface area is 137 Å². The van der Waals surface area contributed by atoms with Crippen LogP contribution in [0.3, 0.4) is 0 Å². The van der Waals surface area contributed by atoms with E-state index < -0.39 is 6.10 Å². The molecule has 0 fully saturated rings. The minimum Gasteiger partial charge on any atom is -0.508 e. The van der Waals surface area contributed by atoms with Gasteiger partial charge in [-0.1, -0.05) is 23.2 Å². The van der Waals surface area contributed by atoms with Crippen molar-refractivity contribution in [3.8, 4) is 11.5 Å². The van der Waals surface area contributed by atoms with Gasteiger partial charge in [0.25, 0.3) is 0 Å². The molecule has 0 saturated heterocycles. The molecule has 21 heavy (non-hydrogen) atoms. The number of phenolic OH excluding ortho intramolecular Hbond substituents is 1. The molecular weight excluding hydrogens is 331 g/mol. The van der Waals surface area contributed by atoms with Gasteiger partial charge < -0.3 is 14.9 Å². The molecule has 0 aliphatic heterocycles. The maximum absolute atomic E-state index is 9.90. The summed E-state index contributed by atoms with van der Waals surface area (Å²) in [5.74, 6) is 1.28. The number of aromatic hydroxyl groups is 1. The fourth-order valence-electron chi connectivity index (χ4n) is 1.54. The monoisotopic (exact) mass is 344 g/mol. The Morgan fingerprint density at radius 2 is 1.76 bits per heavy atom. The van der Waals surface area contributed by atoms with E-state index in [-0.39, 0.29) is 12.4 Å². The van der Waals surface area contributed by atoms with Gasteiger partial charge in [-0.2, -0.15) is 0 Å². The molecule has 3 nitrogen and oxygen atoms in total. The average molecular weight is 345 g/mol. The van der Waals surface area contributed by atoms with Crippen molar-refractivity contribution in [3.63, 3.8) is 0 Å². The number of ether oxygens (including phenoxy) is 1. The topological polar surface area (TPSA) is 49.7 Å². The second-order valence-corrected chi connectivity index (χ2v) is 6.25. The number of hydrogen-bond acceptors (Lipinski definition) is 4. The first-order chi connectivity index (χ1) is 10.0. The predicted octanol–water partition coefficient (Wildman–Crippen LogP) is 4.23. The van der Waals surface area contributed by atoms with Gasteiger partial charge in [-0.15, -0.1) is 11.8 Å². The summed E-state index contributed by atoms with van der Waals surface area (Å²) < 4.78 is 5.46. The first-order valence-corrected chi connectivity index (χ1v) is 7.96.